The van der Waals surface area contributed by atoms with E-state index >= 15 is 0 Å². The standard InChI is InChI=1S/C11H8BrClN2O2/c1-6(16)5-15-10(17)9-7(12)3-2-4-8(9)14-11(15)13/h2-4H,5H2,1H3. The van der Waals surface area contributed by atoms with Crippen molar-refractivity contribution in [2.24, 2.45) is 0 Å². The van der Waals surface area contributed by atoms with Gasteiger partial charge in [-0.2, -0.15) is 0 Å². The molecule has 1 aromatic heterocycles. The van der Waals surface area contributed by atoms with Crippen molar-refractivity contribution in [1.29, 1.82) is 0 Å². The lowest BCUT2D eigenvalue weighted by Crippen LogP contribution is -2.25. The van der Waals surface area contributed by atoms with E-state index in [0.29, 0.717) is 15.4 Å². The molecule has 2 aromatic rings. The number of rotatable bonds is 2. The van der Waals surface area contributed by atoms with Gasteiger partial charge in [-0.25, -0.2) is 4.98 Å². The summed E-state index contributed by atoms with van der Waals surface area (Å²) < 4.78 is 1.80. The predicted octanol–water partition coefficient (Wildman–Crippen LogP) is 2.40. The van der Waals surface area contributed by atoms with Crippen molar-refractivity contribution in [3.63, 3.8) is 0 Å². The van der Waals surface area contributed by atoms with Crippen LogP contribution in [0.2, 0.25) is 5.28 Å². The normalized spacial score (nSPS) is 10.8. The van der Waals surface area contributed by atoms with E-state index in [1.807, 2.05) is 0 Å². The monoisotopic (exact) mass is 314 g/mol. The van der Waals surface area contributed by atoms with Crippen LogP contribution in [0.5, 0.6) is 0 Å². The minimum absolute atomic E-state index is 0.0239. The van der Waals surface area contributed by atoms with Crippen molar-refractivity contribution in [2.75, 3.05) is 0 Å². The Balaban J connectivity index is 2.83. The van der Waals surface area contributed by atoms with Crippen LogP contribution in [-0.4, -0.2) is 15.3 Å². The zero-order chi connectivity index (χ0) is 12.6. The zero-order valence-electron chi connectivity index (χ0n) is 8.91. The fourth-order valence-corrected chi connectivity index (χ4v) is 2.31. The van der Waals surface area contributed by atoms with Crippen molar-refractivity contribution in [1.82, 2.24) is 9.55 Å². The molecule has 0 aliphatic rings. The summed E-state index contributed by atoms with van der Waals surface area (Å²) in [6.07, 6.45) is 0. The largest absolute Gasteiger partial charge is 0.298 e. The quantitative estimate of drug-likeness (QED) is 0.800. The van der Waals surface area contributed by atoms with Gasteiger partial charge in [0.15, 0.2) is 0 Å². The van der Waals surface area contributed by atoms with Crippen LogP contribution in [-0.2, 0) is 11.3 Å². The second-order valence-corrected chi connectivity index (χ2v) is 4.80. The molecule has 0 radical (unpaired) electrons. The maximum absolute atomic E-state index is 12.2. The Labute approximate surface area is 110 Å². The summed E-state index contributed by atoms with van der Waals surface area (Å²) in [6.45, 7) is 1.33. The zero-order valence-corrected chi connectivity index (χ0v) is 11.2. The van der Waals surface area contributed by atoms with E-state index in [1.54, 1.807) is 18.2 Å². The first-order valence-electron chi connectivity index (χ1n) is 4.84. The van der Waals surface area contributed by atoms with E-state index in [0.717, 1.165) is 4.57 Å². The lowest BCUT2D eigenvalue weighted by molar-refractivity contribution is -0.117. The first kappa shape index (κ1) is 12.3. The van der Waals surface area contributed by atoms with Gasteiger partial charge in [-0.3, -0.25) is 14.2 Å². The van der Waals surface area contributed by atoms with Crippen LogP contribution in [0.15, 0.2) is 27.5 Å². The second-order valence-electron chi connectivity index (χ2n) is 3.61. The number of hydrogen-bond donors (Lipinski definition) is 0. The van der Waals surface area contributed by atoms with Crippen LogP contribution < -0.4 is 5.56 Å². The van der Waals surface area contributed by atoms with E-state index in [4.69, 9.17) is 11.6 Å². The highest BCUT2D eigenvalue weighted by Crippen LogP contribution is 2.20. The molecule has 0 unspecified atom stereocenters. The Morgan fingerprint density at radius 3 is 2.88 bits per heavy atom. The summed E-state index contributed by atoms with van der Waals surface area (Å²) >= 11 is 9.18. The topological polar surface area (TPSA) is 52.0 Å². The van der Waals surface area contributed by atoms with E-state index < -0.39 is 0 Å². The number of nitrogens with zero attached hydrogens (tertiary/aromatic N) is 2. The molecule has 0 saturated heterocycles. The van der Waals surface area contributed by atoms with E-state index in [2.05, 4.69) is 20.9 Å². The molecular weight excluding hydrogens is 307 g/mol. The number of carbonyl (C=O) groups is 1. The highest BCUT2D eigenvalue weighted by Gasteiger charge is 2.12. The highest BCUT2D eigenvalue weighted by atomic mass is 79.9. The number of ketones is 1. The lowest BCUT2D eigenvalue weighted by atomic mass is 10.2. The molecule has 2 rings (SSSR count). The fraction of sp³-hybridized carbons (Fsp3) is 0.182. The summed E-state index contributed by atoms with van der Waals surface area (Å²) in [5.41, 5.74) is 0.192. The van der Waals surface area contributed by atoms with Gasteiger partial charge in [0.1, 0.15) is 5.78 Å². The molecule has 0 atom stereocenters. The van der Waals surface area contributed by atoms with Gasteiger partial charge < -0.3 is 0 Å². The number of Topliss-reactive ketones (excluding diaryl/α,β-unsaturated/α-hetero) is 1. The third kappa shape index (κ3) is 2.25. The minimum Gasteiger partial charge on any atom is -0.298 e. The predicted molar refractivity (Wildman–Crippen MR) is 69.4 cm³/mol. The number of carbonyl (C=O) groups excluding carboxylic acids is 1. The van der Waals surface area contributed by atoms with E-state index in [-0.39, 0.29) is 23.2 Å². The van der Waals surface area contributed by atoms with Crippen LogP contribution in [0.25, 0.3) is 10.9 Å². The van der Waals surface area contributed by atoms with Gasteiger partial charge in [0.25, 0.3) is 5.56 Å². The highest BCUT2D eigenvalue weighted by molar-refractivity contribution is 9.10. The Morgan fingerprint density at radius 2 is 2.24 bits per heavy atom. The van der Waals surface area contributed by atoms with Crippen molar-refractivity contribution < 1.29 is 4.79 Å². The number of halogens is 2. The molecule has 0 spiro atoms. The van der Waals surface area contributed by atoms with Crippen LogP contribution in [0.4, 0.5) is 0 Å². The molecule has 0 aliphatic carbocycles. The van der Waals surface area contributed by atoms with Gasteiger partial charge in [-0.1, -0.05) is 6.07 Å². The fourth-order valence-electron chi connectivity index (χ4n) is 1.56. The summed E-state index contributed by atoms with van der Waals surface area (Å²) in [5, 5.41) is 0.453. The Hall–Kier alpha value is -1.20. The van der Waals surface area contributed by atoms with Gasteiger partial charge in [0, 0.05) is 4.47 Å². The van der Waals surface area contributed by atoms with E-state index in [9.17, 15) is 9.59 Å². The van der Waals surface area contributed by atoms with Crippen molar-refractivity contribution in [3.05, 3.63) is 38.3 Å². The van der Waals surface area contributed by atoms with Crippen molar-refractivity contribution >= 4 is 44.2 Å². The Bertz CT molecular complexity index is 666. The molecule has 1 aromatic carbocycles. The summed E-state index contributed by atoms with van der Waals surface area (Å²) in [5.74, 6) is -0.151. The SMILES string of the molecule is CC(=O)Cn1c(Cl)nc2cccc(Br)c2c1=O. The number of aromatic nitrogens is 2. The number of benzene rings is 1. The molecule has 88 valence electrons. The van der Waals surface area contributed by atoms with Crippen LogP contribution in [0, 0.1) is 0 Å². The molecule has 0 amide bonds. The molecule has 0 aliphatic heterocycles. The molecule has 0 fully saturated rings. The van der Waals surface area contributed by atoms with E-state index in [1.165, 1.54) is 6.92 Å². The third-order valence-corrected chi connectivity index (χ3v) is 3.22. The molecular formula is C11H8BrClN2O2. The second kappa shape index (κ2) is 4.58. The van der Waals surface area contributed by atoms with Crippen molar-refractivity contribution in [2.45, 2.75) is 13.5 Å². The molecule has 0 saturated carbocycles. The molecule has 6 heteroatoms. The number of hydrogen-bond acceptors (Lipinski definition) is 3. The van der Waals surface area contributed by atoms with Gasteiger partial charge in [0.05, 0.1) is 17.4 Å². The molecule has 1 heterocycles. The van der Waals surface area contributed by atoms with Crippen molar-refractivity contribution in [3.8, 4) is 0 Å². The maximum atomic E-state index is 12.2. The van der Waals surface area contributed by atoms with Gasteiger partial charge in [-0.05, 0) is 46.6 Å². The van der Waals surface area contributed by atoms with Gasteiger partial charge >= 0.3 is 0 Å². The molecule has 0 bridgehead atoms. The summed E-state index contributed by atoms with van der Waals surface area (Å²) in [4.78, 5) is 27.3. The van der Waals surface area contributed by atoms with Gasteiger partial charge in [-0.15, -0.1) is 0 Å². The molecule has 17 heavy (non-hydrogen) atoms. The smallest absolute Gasteiger partial charge is 0.263 e. The molecule has 0 N–H and O–H groups in total. The Kier molecular flexibility index (Phi) is 3.31. The average molecular weight is 316 g/mol. The van der Waals surface area contributed by atoms with Gasteiger partial charge in [0.2, 0.25) is 5.28 Å². The third-order valence-electron chi connectivity index (χ3n) is 2.27. The van der Waals surface area contributed by atoms with Crippen LogP contribution in [0.3, 0.4) is 0 Å². The maximum Gasteiger partial charge on any atom is 0.263 e. The molecule has 4 nitrogen and oxygen atoms in total. The number of fused-ring (bicyclic) bond motifs is 1. The minimum atomic E-state index is -0.317. The first-order valence-corrected chi connectivity index (χ1v) is 6.02. The first-order chi connectivity index (χ1) is 8.00. The Morgan fingerprint density at radius 1 is 1.53 bits per heavy atom. The average Bonchev–Trinajstić information content (AvgIpc) is 2.23. The summed E-state index contributed by atoms with van der Waals surface area (Å²) in [7, 11) is 0. The van der Waals surface area contributed by atoms with Crippen LogP contribution in [0.1, 0.15) is 6.92 Å². The summed E-state index contributed by atoms with van der Waals surface area (Å²) in [6, 6.07) is 5.22. The lowest BCUT2D eigenvalue weighted by Gasteiger charge is -2.07. The van der Waals surface area contributed by atoms with Crippen LogP contribution >= 0.6 is 27.5 Å².